The highest BCUT2D eigenvalue weighted by atomic mass is 16.5. The summed E-state index contributed by atoms with van der Waals surface area (Å²) in [5.74, 6) is 0.861. The maximum Gasteiger partial charge on any atom is 0.275 e. The number of nitrogens with one attached hydrogen (secondary N) is 1. The Bertz CT molecular complexity index is 1280. The number of aromatic amines is 1. The number of H-pyrrole nitrogens is 1. The van der Waals surface area contributed by atoms with Crippen LogP contribution in [0.1, 0.15) is 30.7 Å². The predicted octanol–water partition coefficient (Wildman–Crippen LogP) is 3.05. The fourth-order valence-electron chi connectivity index (χ4n) is 4.86. The van der Waals surface area contributed by atoms with Gasteiger partial charge in [-0.3, -0.25) is 9.59 Å². The molecule has 2 aliphatic rings. The Balaban J connectivity index is 1.49. The van der Waals surface area contributed by atoms with Crippen molar-refractivity contribution in [3.63, 3.8) is 0 Å². The molecule has 0 unspecified atom stereocenters. The molecule has 3 heterocycles. The van der Waals surface area contributed by atoms with E-state index in [1.54, 1.807) is 30.4 Å². The highest BCUT2D eigenvalue weighted by Gasteiger charge is 2.54. The van der Waals surface area contributed by atoms with Crippen LogP contribution in [0.15, 0.2) is 47.6 Å². The van der Waals surface area contributed by atoms with Gasteiger partial charge in [-0.15, -0.1) is 0 Å². The molecule has 0 aliphatic carbocycles. The summed E-state index contributed by atoms with van der Waals surface area (Å²) in [6.45, 7) is 4.65. The molecular weight excluding hydrogens is 420 g/mol. The van der Waals surface area contributed by atoms with Crippen LogP contribution in [0.25, 0.3) is 10.9 Å². The number of carbonyl (C=O) groups is 2. The highest BCUT2D eigenvalue weighted by molar-refractivity contribution is 6.01. The number of amides is 2. The lowest BCUT2D eigenvalue weighted by Crippen LogP contribution is -2.65. The molecular formula is C25H26N4O4. The minimum atomic E-state index is -1.13. The molecule has 1 N–H and O–H groups in total. The van der Waals surface area contributed by atoms with Gasteiger partial charge in [0, 0.05) is 17.4 Å². The number of hydrazone groups is 1. The zero-order chi connectivity index (χ0) is 23.2. The van der Waals surface area contributed by atoms with Crippen molar-refractivity contribution in [3.8, 4) is 11.5 Å². The zero-order valence-electron chi connectivity index (χ0n) is 18.9. The van der Waals surface area contributed by atoms with Gasteiger partial charge in [-0.2, -0.15) is 5.10 Å². The van der Waals surface area contributed by atoms with E-state index in [4.69, 9.17) is 9.47 Å². The van der Waals surface area contributed by atoms with E-state index in [0.29, 0.717) is 31.1 Å². The third-order valence-electron chi connectivity index (χ3n) is 6.50. The van der Waals surface area contributed by atoms with E-state index in [9.17, 15) is 9.59 Å². The molecule has 1 atom stereocenters. The van der Waals surface area contributed by atoms with Gasteiger partial charge in [-0.25, -0.2) is 5.01 Å². The van der Waals surface area contributed by atoms with Crippen LogP contribution in [0.5, 0.6) is 11.5 Å². The Morgan fingerprint density at radius 2 is 2.00 bits per heavy atom. The average molecular weight is 447 g/mol. The van der Waals surface area contributed by atoms with Gasteiger partial charge in [0.1, 0.15) is 6.54 Å². The summed E-state index contributed by atoms with van der Waals surface area (Å²) in [7, 11) is 1.57. The van der Waals surface area contributed by atoms with Crippen molar-refractivity contribution < 1.29 is 19.1 Å². The Labute approximate surface area is 191 Å². The number of nitrogens with zero attached hydrogens (tertiary/aromatic N) is 3. The molecule has 33 heavy (non-hydrogen) atoms. The molecule has 2 aliphatic heterocycles. The summed E-state index contributed by atoms with van der Waals surface area (Å²) in [4.78, 5) is 31.8. The quantitative estimate of drug-likeness (QED) is 0.611. The molecule has 2 aromatic carbocycles. The first-order chi connectivity index (χ1) is 16.0. The van der Waals surface area contributed by atoms with E-state index in [1.807, 2.05) is 44.2 Å². The maximum absolute atomic E-state index is 13.7. The molecule has 1 fully saturated rings. The molecule has 1 aromatic heterocycles. The number of aromatic nitrogens is 1. The van der Waals surface area contributed by atoms with E-state index in [1.165, 1.54) is 5.01 Å². The van der Waals surface area contributed by atoms with Crippen molar-refractivity contribution >= 4 is 28.9 Å². The van der Waals surface area contributed by atoms with E-state index < -0.39 is 5.54 Å². The lowest BCUT2D eigenvalue weighted by Gasteiger charge is -2.48. The molecule has 2 amide bonds. The second-order valence-electron chi connectivity index (χ2n) is 8.34. The fourth-order valence-corrected chi connectivity index (χ4v) is 4.86. The Morgan fingerprint density at radius 1 is 1.18 bits per heavy atom. The van der Waals surface area contributed by atoms with Crippen molar-refractivity contribution in [1.29, 1.82) is 0 Å². The molecule has 0 saturated carbocycles. The van der Waals surface area contributed by atoms with Crippen LogP contribution in [0.3, 0.4) is 0 Å². The van der Waals surface area contributed by atoms with Gasteiger partial charge >= 0.3 is 0 Å². The van der Waals surface area contributed by atoms with Gasteiger partial charge in [0.2, 0.25) is 5.91 Å². The number of carbonyl (C=O) groups excluding carboxylic acids is 2. The van der Waals surface area contributed by atoms with Gasteiger partial charge in [-0.1, -0.05) is 18.2 Å². The molecule has 8 heteroatoms. The maximum atomic E-state index is 13.7. The number of para-hydroxylation sites is 1. The van der Waals surface area contributed by atoms with Crippen LogP contribution < -0.4 is 9.47 Å². The molecule has 0 radical (unpaired) electrons. The van der Waals surface area contributed by atoms with Crippen molar-refractivity contribution in [2.75, 3.05) is 26.8 Å². The third-order valence-corrected chi connectivity index (χ3v) is 6.50. The summed E-state index contributed by atoms with van der Waals surface area (Å²) in [6, 6.07) is 13.4. The number of piperazine rings is 1. The largest absolute Gasteiger partial charge is 0.493 e. The number of rotatable bonds is 5. The zero-order valence-corrected chi connectivity index (χ0v) is 18.9. The number of hydrogen-bond acceptors (Lipinski definition) is 5. The summed E-state index contributed by atoms with van der Waals surface area (Å²) in [6.07, 6.45) is 2.28. The Morgan fingerprint density at radius 3 is 2.79 bits per heavy atom. The minimum Gasteiger partial charge on any atom is -0.493 e. The van der Waals surface area contributed by atoms with Crippen LogP contribution in [0.4, 0.5) is 0 Å². The van der Waals surface area contributed by atoms with Crippen LogP contribution in [0.2, 0.25) is 0 Å². The Hall–Kier alpha value is -3.81. The minimum absolute atomic E-state index is 0.0886. The molecule has 170 valence electrons. The smallest absolute Gasteiger partial charge is 0.275 e. The number of ether oxygens (including phenoxy) is 2. The monoisotopic (exact) mass is 446 g/mol. The first-order valence-electron chi connectivity index (χ1n) is 11.0. The van der Waals surface area contributed by atoms with E-state index in [2.05, 4.69) is 10.1 Å². The lowest BCUT2D eigenvalue weighted by atomic mass is 9.83. The fraction of sp³-hybridized carbons (Fsp3) is 0.320. The molecule has 0 spiro atoms. The summed E-state index contributed by atoms with van der Waals surface area (Å²) in [5, 5.41) is 6.76. The van der Waals surface area contributed by atoms with Gasteiger partial charge < -0.3 is 19.4 Å². The van der Waals surface area contributed by atoms with Crippen LogP contribution in [-0.2, 0) is 21.5 Å². The summed E-state index contributed by atoms with van der Waals surface area (Å²) < 4.78 is 10.9. The van der Waals surface area contributed by atoms with Gasteiger partial charge in [0.15, 0.2) is 17.0 Å². The van der Waals surface area contributed by atoms with Crippen LogP contribution in [-0.4, -0.2) is 59.7 Å². The topological polar surface area (TPSA) is 87.2 Å². The number of methoxy groups -OCH3 is 1. The number of fused-ring (bicyclic) bond motifs is 5. The predicted molar refractivity (Wildman–Crippen MR) is 125 cm³/mol. The average Bonchev–Trinajstić information content (AvgIpc) is 3.21. The standard InChI is InChI=1S/C25H26N4O4/c1-4-33-20-10-9-16(13-21(20)32-3)14-26-29-15-22(30)28-12-11-18-17-7-5-6-8-19(17)27-23(18)25(28,2)24(29)31/h5-10,13-14,27H,4,11-12,15H2,1-3H3/t25-/m1/s1. The molecule has 1 saturated heterocycles. The third kappa shape index (κ3) is 3.25. The van der Waals surface area contributed by atoms with Gasteiger partial charge in [0.05, 0.1) is 25.6 Å². The van der Waals surface area contributed by atoms with Crippen LogP contribution in [0, 0.1) is 0 Å². The second-order valence-corrected chi connectivity index (χ2v) is 8.34. The van der Waals surface area contributed by atoms with Crippen molar-refractivity contribution in [1.82, 2.24) is 14.9 Å². The first kappa shape index (κ1) is 21.1. The molecule has 8 nitrogen and oxygen atoms in total. The van der Waals surface area contributed by atoms with E-state index in [0.717, 1.165) is 27.7 Å². The first-order valence-corrected chi connectivity index (χ1v) is 11.0. The second kappa shape index (κ2) is 7.95. The number of benzene rings is 2. The van der Waals surface area contributed by atoms with E-state index >= 15 is 0 Å². The van der Waals surface area contributed by atoms with Crippen molar-refractivity contribution in [2.45, 2.75) is 25.8 Å². The molecule has 0 bridgehead atoms. The molecule has 3 aromatic rings. The highest BCUT2D eigenvalue weighted by Crippen LogP contribution is 2.42. The van der Waals surface area contributed by atoms with Crippen molar-refractivity contribution in [3.05, 3.63) is 59.3 Å². The van der Waals surface area contributed by atoms with Crippen LogP contribution >= 0.6 is 0 Å². The normalized spacial score (nSPS) is 20.3. The SMILES string of the molecule is CCOc1ccc(C=NN2CC(=O)N3CCc4c([nH]c5ccccc45)[C@]3(C)C2=O)cc1OC. The molecule has 5 rings (SSSR count). The van der Waals surface area contributed by atoms with Crippen molar-refractivity contribution in [2.24, 2.45) is 5.10 Å². The van der Waals surface area contributed by atoms with Gasteiger partial charge in [-0.05, 0) is 55.7 Å². The summed E-state index contributed by atoms with van der Waals surface area (Å²) in [5.41, 5.74) is 2.44. The van der Waals surface area contributed by atoms with E-state index in [-0.39, 0.29) is 18.4 Å². The lowest BCUT2D eigenvalue weighted by molar-refractivity contribution is -0.165. The number of hydrogen-bond donors (Lipinski definition) is 1. The van der Waals surface area contributed by atoms with Gasteiger partial charge in [0.25, 0.3) is 5.91 Å². The summed E-state index contributed by atoms with van der Waals surface area (Å²) >= 11 is 0. The Kier molecular flexibility index (Phi) is 5.08.